The van der Waals surface area contributed by atoms with E-state index in [1.807, 2.05) is 0 Å². The molecule has 0 saturated carbocycles. The molecule has 0 aliphatic carbocycles. The molecule has 0 amide bonds. The van der Waals surface area contributed by atoms with E-state index in [0.717, 1.165) is 12.3 Å². The van der Waals surface area contributed by atoms with Gasteiger partial charge >= 0.3 is 5.97 Å². The van der Waals surface area contributed by atoms with Gasteiger partial charge in [-0.2, -0.15) is 5.10 Å². The number of fused-ring (bicyclic) bond motifs is 1. The SMILES string of the molecule is CS(=O)(=O)c1ccc(-c2nn3c(c2C(=O)O)OCCC3)c(F)c1. The molecule has 1 aliphatic rings. The summed E-state index contributed by atoms with van der Waals surface area (Å²) in [6.45, 7) is 0.833. The number of carboxylic acids is 1. The zero-order valence-electron chi connectivity index (χ0n) is 12.1. The summed E-state index contributed by atoms with van der Waals surface area (Å²) in [5, 5.41) is 13.5. The molecule has 7 nitrogen and oxygen atoms in total. The smallest absolute Gasteiger partial charge is 0.343 e. The number of aryl methyl sites for hydroxylation is 1. The number of aromatic nitrogens is 2. The second-order valence-electron chi connectivity index (χ2n) is 5.17. The van der Waals surface area contributed by atoms with Gasteiger partial charge in [-0.05, 0) is 18.2 Å². The van der Waals surface area contributed by atoms with Crippen molar-refractivity contribution in [3.8, 4) is 17.1 Å². The molecule has 23 heavy (non-hydrogen) atoms. The van der Waals surface area contributed by atoms with Crippen LogP contribution in [0, 0.1) is 5.82 Å². The quantitative estimate of drug-likeness (QED) is 0.911. The van der Waals surface area contributed by atoms with Crippen LogP contribution in [0.4, 0.5) is 4.39 Å². The molecule has 0 radical (unpaired) electrons. The summed E-state index contributed by atoms with van der Waals surface area (Å²) in [6, 6.07) is 3.29. The minimum Gasteiger partial charge on any atom is -0.477 e. The molecule has 0 spiro atoms. The van der Waals surface area contributed by atoms with Gasteiger partial charge in [-0.1, -0.05) is 0 Å². The molecule has 2 heterocycles. The second kappa shape index (κ2) is 5.34. The Morgan fingerprint density at radius 1 is 1.43 bits per heavy atom. The Balaban J connectivity index is 2.19. The molecule has 0 unspecified atom stereocenters. The van der Waals surface area contributed by atoms with E-state index in [9.17, 15) is 22.7 Å². The van der Waals surface area contributed by atoms with Crippen molar-refractivity contribution in [3.05, 3.63) is 29.6 Å². The van der Waals surface area contributed by atoms with Crippen molar-refractivity contribution < 1.29 is 27.4 Å². The van der Waals surface area contributed by atoms with Gasteiger partial charge < -0.3 is 9.84 Å². The van der Waals surface area contributed by atoms with Crippen LogP contribution in [0.1, 0.15) is 16.8 Å². The third-order valence-corrected chi connectivity index (χ3v) is 4.61. The minimum absolute atomic E-state index is 0.0769. The second-order valence-corrected chi connectivity index (χ2v) is 7.19. The van der Waals surface area contributed by atoms with Gasteiger partial charge in [0.25, 0.3) is 0 Å². The molecule has 0 saturated heterocycles. The average Bonchev–Trinajstić information content (AvgIpc) is 2.85. The first-order chi connectivity index (χ1) is 10.8. The number of hydrogen-bond donors (Lipinski definition) is 1. The topological polar surface area (TPSA) is 98.5 Å². The van der Waals surface area contributed by atoms with Gasteiger partial charge in [0.15, 0.2) is 9.84 Å². The normalized spacial score (nSPS) is 14.2. The van der Waals surface area contributed by atoms with E-state index >= 15 is 0 Å². The van der Waals surface area contributed by atoms with Crippen LogP contribution in [0.15, 0.2) is 23.1 Å². The van der Waals surface area contributed by atoms with Crippen LogP contribution in [0.3, 0.4) is 0 Å². The maximum absolute atomic E-state index is 14.3. The van der Waals surface area contributed by atoms with Gasteiger partial charge in [-0.15, -0.1) is 0 Å². The lowest BCUT2D eigenvalue weighted by atomic mass is 10.1. The molecular formula is C14H13FN2O5S. The maximum Gasteiger partial charge on any atom is 0.343 e. The van der Waals surface area contributed by atoms with E-state index in [1.165, 1.54) is 16.8 Å². The molecule has 1 N–H and O–H groups in total. The van der Waals surface area contributed by atoms with Gasteiger partial charge in [0, 0.05) is 24.8 Å². The van der Waals surface area contributed by atoms with Crippen LogP contribution in [-0.4, -0.2) is 42.1 Å². The summed E-state index contributed by atoms with van der Waals surface area (Å²) in [5.41, 5.74) is -0.386. The number of aromatic carboxylic acids is 1. The largest absolute Gasteiger partial charge is 0.477 e. The van der Waals surface area contributed by atoms with Gasteiger partial charge in [0.2, 0.25) is 5.88 Å². The lowest BCUT2D eigenvalue weighted by Crippen LogP contribution is -2.16. The van der Waals surface area contributed by atoms with Gasteiger partial charge in [0.05, 0.1) is 11.5 Å². The highest BCUT2D eigenvalue weighted by Crippen LogP contribution is 2.34. The number of hydrogen-bond acceptors (Lipinski definition) is 5. The highest BCUT2D eigenvalue weighted by Gasteiger charge is 2.29. The van der Waals surface area contributed by atoms with Gasteiger partial charge in [-0.3, -0.25) is 0 Å². The summed E-state index contributed by atoms with van der Waals surface area (Å²) in [5.74, 6) is -2.05. The fourth-order valence-corrected chi connectivity index (χ4v) is 3.06. The molecule has 1 aromatic heterocycles. The van der Waals surface area contributed by atoms with E-state index in [2.05, 4.69) is 5.10 Å². The predicted molar refractivity (Wildman–Crippen MR) is 77.8 cm³/mol. The number of sulfone groups is 1. The third kappa shape index (κ3) is 2.67. The van der Waals surface area contributed by atoms with Crippen molar-refractivity contribution in [2.75, 3.05) is 12.9 Å². The van der Waals surface area contributed by atoms with Crippen LogP contribution >= 0.6 is 0 Å². The Bertz CT molecular complexity index is 904. The number of carbonyl (C=O) groups is 1. The fraction of sp³-hybridized carbons (Fsp3) is 0.286. The van der Waals surface area contributed by atoms with Crippen molar-refractivity contribution >= 4 is 15.8 Å². The zero-order valence-corrected chi connectivity index (χ0v) is 12.9. The summed E-state index contributed by atoms with van der Waals surface area (Å²) in [7, 11) is -3.56. The molecule has 0 bridgehead atoms. The van der Waals surface area contributed by atoms with Crippen LogP contribution in [0.2, 0.25) is 0 Å². The molecule has 1 aromatic carbocycles. The Morgan fingerprint density at radius 2 is 2.17 bits per heavy atom. The Labute approximate surface area is 131 Å². The minimum atomic E-state index is -3.56. The lowest BCUT2D eigenvalue weighted by Gasteiger charge is -2.14. The van der Waals surface area contributed by atoms with Crippen molar-refractivity contribution in [2.45, 2.75) is 17.9 Å². The first-order valence-corrected chi connectivity index (χ1v) is 8.65. The van der Waals surface area contributed by atoms with Crippen LogP contribution in [0.25, 0.3) is 11.3 Å². The Kier molecular flexibility index (Phi) is 3.59. The van der Waals surface area contributed by atoms with Crippen molar-refractivity contribution in [1.82, 2.24) is 9.78 Å². The molecule has 1 aliphatic heterocycles. The Morgan fingerprint density at radius 3 is 2.78 bits per heavy atom. The molecule has 2 aromatic rings. The van der Waals surface area contributed by atoms with Crippen molar-refractivity contribution in [1.29, 1.82) is 0 Å². The highest BCUT2D eigenvalue weighted by atomic mass is 32.2. The van der Waals surface area contributed by atoms with Crippen molar-refractivity contribution in [2.24, 2.45) is 0 Å². The van der Waals surface area contributed by atoms with E-state index in [1.54, 1.807) is 0 Å². The highest BCUT2D eigenvalue weighted by molar-refractivity contribution is 7.90. The standard InChI is InChI=1S/C14H13FN2O5S/c1-23(20,21)8-3-4-9(10(15)7-8)12-11(14(18)19)13-17(16-12)5-2-6-22-13/h3-4,7H,2,5-6H2,1H3,(H,18,19). The van der Waals surface area contributed by atoms with E-state index in [-0.39, 0.29) is 27.6 Å². The molecule has 9 heteroatoms. The molecule has 0 atom stereocenters. The van der Waals surface area contributed by atoms with Gasteiger partial charge in [-0.25, -0.2) is 22.3 Å². The third-order valence-electron chi connectivity index (χ3n) is 3.50. The maximum atomic E-state index is 14.3. The number of ether oxygens (including phenoxy) is 1. The summed E-state index contributed by atoms with van der Waals surface area (Å²) in [4.78, 5) is 11.3. The van der Waals surface area contributed by atoms with Crippen molar-refractivity contribution in [3.63, 3.8) is 0 Å². The van der Waals surface area contributed by atoms with E-state index in [0.29, 0.717) is 19.6 Å². The zero-order chi connectivity index (χ0) is 16.8. The molecular weight excluding hydrogens is 327 g/mol. The number of rotatable bonds is 3. The van der Waals surface area contributed by atoms with Crippen LogP contribution in [0.5, 0.6) is 5.88 Å². The summed E-state index contributed by atoms with van der Waals surface area (Å²) in [6.07, 6.45) is 1.63. The number of benzene rings is 1. The molecule has 3 rings (SSSR count). The number of carboxylic acid groups (broad SMARTS) is 1. The van der Waals surface area contributed by atoms with Crippen LogP contribution in [-0.2, 0) is 16.4 Å². The summed E-state index contributed by atoms with van der Waals surface area (Å²) >= 11 is 0. The number of halogens is 1. The van der Waals surface area contributed by atoms with E-state index in [4.69, 9.17) is 4.74 Å². The first-order valence-electron chi connectivity index (χ1n) is 6.76. The first kappa shape index (κ1) is 15.5. The average molecular weight is 340 g/mol. The summed E-state index contributed by atoms with van der Waals surface area (Å²) < 4.78 is 44.0. The molecule has 122 valence electrons. The number of nitrogens with zero attached hydrogens (tertiary/aromatic N) is 2. The lowest BCUT2D eigenvalue weighted by molar-refractivity contribution is 0.0690. The predicted octanol–water partition coefficient (Wildman–Crippen LogP) is 1.57. The fourth-order valence-electron chi connectivity index (χ4n) is 2.43. The Hall–Kier alpha value is -2.42. The van der Waals surface area contributed by atoms with Gasteiger partial charge in [0.1, 0.15) is 17.1 Å². The molecule has 0 fully saturated rings. The monoisotopic (exact) mass is 340 g/mol. The van der Waals surface area contributed by atoms with Crippen LogP contribution < -0.4 is 4.74 Å². The van der Waals surface area contributed by atoms with E-state index < -0.39 is 21.6 Å².